The molecule has 0 bridgehead atoms. The van der Waals surface area contributed by atoms with Crippen LogP contribution in [0.25, 0.3) is 0 Å². The van der Waals surface area contributed by atoms with Crippen molar-refractivity contribution in [2.24, 2.45) is 0 Å². The molecule has 0 amide bonds. The molecule has 0 saturated carbocycles. The number of halogens is 1. The Morgan fingerprint density at radius 3 is 2.76 bits per heavy atom. The SMILES string of the molecule is O=C(O)c1cc(F)c(O)c([C@@H]2CCCCN2)c1. The normalized spacial score (nSPS) is 20.2. The summed E-state index contributed by atoms with van der Waals surface area (Å²) in [4.78, 5) is 10.8. The number of piperidine rings is 1. The summed E-state index contributed by atoms with van der Waals surface area (Å²) in [7, 11) is 0. The van der Waals surface area contributed by atoms with Gasteiger partial charge < -0.3 is 15.5 Å². The van der Waals surface area contributed by atoms with Crippen LogP contribution in [0.2, 0.25) is 0 Å². The van der Waals surface area contributed by atoms with Crippen molar-refractivity contribution in [1.29, 1.82) is 0 Å². The van der Waals surface area contributed by atoms with Gasteiger partial charge in [0.15, 0.2) is 11.6 Å². The van der Waals surface area contributed by atoms with Crippen molar-refractivity contribution in [3.8, 4) is 5.75 Å². The molecule has 0 aliphatic carbocycles. The van der Waals surface area contributed by atoms with E-state index in [0.717, 1.165) is 31.9 Å². The fourth-order valence-corrected chi connectivity index (χ4v) is 2.13. The predicted octanol–water partition coefficient (Wildman–Crippen LogP) is 2.04. The van der Waals surface area contributed by atoms with Crippen LogP contribution in [0.3, 0.4) is 0 Å². The van der Waals surface area contributed by atoms with Crippen molar-refractivity contribution in [3.63, 3.8) is 0 Å². The number of phenols is 1. The van der Waals surface area contributed by atoms with E-state index in [2.05, 4.69) is 5.32 Å². The van der Waals surface area contributed by atoms with Crippen LogP contribution in [0.4, 0.5) is 4.39 Å². The zero-order valence-electron chi connectivity index (χ0n) is 9.24. The number of hydrogen-bond acceptors (Lipinski definition) is 3. The van der Waals surface area contributed by atoms with Crippen molar-refractivity contribution >= 4 is 5.97 Å². The van der Waals surface area contributed by atoms with Gasteiger partial charge in [-0.2, -0.15) is 0 Å². The van der Waals surface area contributed by atoms with Gasteiger partial charge in [0.2, 0.25) is 0 Å². The molecular formula is C12H14FNO3. The lowest BCUT2D eigenvalue weighted by Crippen LogP contribution is -2.27. The largest absolute Gasteiger partial charge is 0.505 e. The number of aromatic hydroxyl groups is 1. The van der Waals surface area contributed by atoms with Gasteiger partial charge in [-0.05, 0) is 31.5 Å². The first-order chi connectivity index (χ1) is 8.09. The maximum Gasteiger partial charge on any atom is 0.335 e. The predicted molar refractivity (Wildman–Crippen MR) is 59.6 cm³/mol. The first kappa shape index (κ1) is 11.9. The van der Waals surface area contributed by atoms with Crippen molar-refractivity contribution in [2.45, 2.75) is 25.3 Å². The molecule has 1 aliphatic rings. The minimum atomic E-state index is -1.19. The number of benzene rings is 1. The van der Waals surface area contributed by atoms with Gasteiger partial charge in [-0.25, -0.2) is 9.18 Å². The van der Waals surface area contributed by atoms with Crippen LogP contribution in [0, 0.1) is 5.82 Å². The average molecular weight is 239 g/mol. The van der Waals surface area contributed by atoms with Crippen molar-refractivity contribution in [3.05, 3.63) is 29.1 Å². The highest BCUT2D eigenvalue weighted by Crippen LogP contribution is 2.32. The van der Waals surface area contributed by atoms with Crippen LogP contribution >= 0.6 is 0 Å². The topological polar surface area (TPSA) is 69.6 Å². The second-order valence-electron chi connectivity index (χ2n) is 4.20. The van der Waals surface area contributed by atoms with Gasteiger partial charge in [0.25, 0.3) is 0 Å². The Morgan fingerprint density at radius 2 is 2.18 bits per heavy atom. The molecule has 1 atom stereocenters. The molecular weight excluding hydrogens is 225 g/mol. The minimum Gasteiger partial charge on any atom is -0.505 e. The number of carboxylic acids is 1. The van der Waals surface area contributed by atoms with Gasteiger partial charge in [0.1, 0.15) is 0 Å². The van der Waals surface area contributed by atoms with Crippen LogP contribution in [0.15, 0.2) is 12.1 Å². The molecule has 92 valence electrons. The van der Waals surface area contributed by atoms with Gasteiger partial charge in [-0.3, -0.25) is 0 Å². The molecule has 1 fully saturated rings. The van der Waals surface area contributed by atoms with E-state index in [9.17, 15) is 14.3 Å². The summed E-state index contributed by atoms with van der Waals surface area (Å²) in [5.74, 6) is -2.53. The third kappa shape index (κ3) is 2.39. The van der Waals surface area contributed by atoms with Crippen molar-refractivity contribution in [1.82, 2.24) is 5.32 Å². The summed E-state index contributed by atoms with van der Waals surface area (Å²) in [5.41, 5.74) is 0.199. The average Bonchev–Trinajstić information content (AvgIpc) is 2.33. The number of aromatic carboxylic acids is 1. The summed E-state index contributed by atoms with van der Waals surface area (Å²) in [6.45, 7) is 0.795. The highest BCUT2D eigenvalue weighted by molar-refractivity contribution is 5.88. The van der Waals surface area contributed by atoms with Crippen LogP contribution in [0.5, 0.6) is 5.75 Å². The molecule has 2 rings (SSSR count). The van der Waals surface area contributed by atoms with E-state index in [0.29, 0.717) is 5.56 Å². The molecule has 3 N–H and O–H groups in total. The Labute approximate surface area is 98.1 Å². The molecule has 1 saturated heterocycles. The second kappa shape index (κ2) is 4.71. The van der Waals surface area contributed by atoms with Gasteiger partial charge in [-0.15, -0.1) is 0 Å². The fourth-order valence-electron chi connectivity index (χ4n) is 2.13. The smallest absolute Gasteiger partial charge is 0.335 e. The number of rotatable bonds is 2. The number of nitrogens with one attached hydrogen (secondary N) is 1. The fraction of sp³-hybridized carbons (Fsp3) is 0.417. The molecule has 5 heteroatoms. The zero-order valence-corrected chi connectivity index (χ0v) is 9.24. The summed E-state index contributed by atoms with van der Waals surface area (Å²) in [5, 5.41) is 21.7. The molecule has 1 heterocycles. The Balaban J connectivity index is 2.40. The van der Waals surface area contributed by atoms with Gasteiger partial charge in [0.05, 0.1) is 5.56 Å². The highest BCUT2D eigenvalue weighted by Gasteiger charge is 2.22. The first-order valence-corrected chi connectivity index (χ1v) is 5.58. The Hall–Kier alpha value is -1.62. The quantitative estimate of drug-likeness (QED) is 0.738. The molecule has 1 aliphatic heterocycles. The summed E-state index contributed by atoms with van der Waals surface area (Å²) in [6.07, 6.45) is 2.80. The molecule has 17 heavy (non-hydrogen) atoms. The van der Waals surface area contributed by atoms with Gasteiger partial charge in [-0.1, -0.05) is 6.42 Å². The summed E-state index contributed by atoms with van der Waals surface area (Å²) >= 11 is 0. The van der Waals surface area contributed by atoms with E-state index in [1.807, 2.05) is 0 Å². The van der Waals surface area contributed by atoms with Crippen LogP contribution < -0.4 is 5.32 Å². The monoisotopic (exact) mass is 239 g/mol. The lowest BCUT2D eigenvalue weighted by atomic mass is 9.95. The Bertz CT molecular complexity index is 442. The maximum atomic E-state index is 13.4. The number of phenolic OH excluding ortho intramolecular Hbond substituents is 1. The van der Waals surface area contributed by atoms with Crippen molar-refractivity contribution in [2.75, 3.05) is 6.54 Å². The van der Waals surface area contributed by atoms with Crippen LogP contribution in [-0.2, 0) is 0 Å². The number of hydrogen-bond donors (Lipinski definition) is 3. The maximum absolute atomic E-state index is 13.4. The third-order valence-electron chi connectivity index (χ3n) is 3.03. The van der Waals surface area contributed by atoms with Crippen molar-refractivity contribution < 1.29 is 19.4 Å². The first-order valence-electron chi connectivity index (χ1n) is 5.58. The highest BCUT2D eigenvalue weighted by atomic mass is 19.1. The van der Waals surface area contributed by atoms with E-state index in [-0.39, 0.29) is 11.6 Å². The van der Waals surface area contributed by atoms with E-state index < -0.39 is 17.5 Å². The molecule has 1 aromatic rings. The number of carboxylic acid groups (broad SMARTS) is 1. The van der Waals surface area contributed by atoms with E-state index in [1.54, 1.807) is 0 Å². The minimum absolute atomic E-state index is 0.136. The third-order valence-corrected chi connectivity index (χ3v) is 3.03. The summed E-state index contributed by atoms with van der Waals surface area (Å²) < 4.78 is 13.4. The molecule has 0 spiro atoms. The molecule has 0 unspecified atom stereocenters. The van der Waals surface area contributed by atoms with Gasteiger partial charge >= 0.3 is 5.97 Å². The van der Waals surface area contributed by atoms with E-state index in [4.69, 9.17) is 5.11 Å². The molecule has 0 aromatic heterocycles. The van der Waals surface area contributed by atoms with Crippen LogP contribution in [0.1, 0.15) is 41.2 Å². The summed E-state index contributed by atoms with van der Waals surface area (Å²) in [6, 6.07) is 2.01. The Morgan fingerprint density at radius 1 is 1.41 bits per heavy atom. The van der Waals surface area contributed by atoms with E-state index in [1.165, 1.54) is 6.07 Å². The zero-order chi connectivity index (χ0) is 12.4. The Kier molecular flexibility index (Phi) is 3.28. The molecule has 0 radical (unpaired) electrons. The van der Waals surface area contributed by atoms with Gasteiger partial charge in [0, 0.05) is 11.6 Å². The second-order valence-corrected chi connectivity index (χ2v) is 4.20. The number of carbonyl (C=O) groups is 1. The molecule has 4 nitrogen and oxygen atoms in total. The lowest BCUT2D eigenvalue weighted by molar-refractivity contribution is 0.0696. The van der Waals surface area contributed by atoms with E-state index >= 15 is 0 Å². The molecule has 1 aromatic carbocycles. The lowest BCUT2D eigenvalue weighted by Gasteiger charge is -2.24. The van der Waals surface area contributed by atoms with Crippen LogP contribution in [-0.4, -0.2) is 22.7 Å². The standard InChI is InChI=1S/C12H14FNO3/c13-9-6-7(12(16)17)5-8(11(9)15)10-3-1-2-4-14-10/h5-6,10,14-15H,1-4H2,(H,16,17)/t10-/m0/s1.